The standard InChI is InChI=1S/C22H22N4O2S2/c27-21(15-30-22-14-20(23-16-24-22)26-10-12-29-13-11-26)25-17-6-8-19(9-7-17)28-18-4-2-1-3-5-18/h1-9,14,16H,10-13,15H2,(H,25,27). The normalized spacial score (nSPS) is 13.7. The maximum Gasteiger partial charge on any atom is 0.234 e. The molecule has 6 nitrogen and oxygen atoms in total. The van der Waals surface area contributed by atoms with Crippen LogP contribution in [0.25, 0.3) is 0 Å². The summed E-state index contributed by atoms with van der Waals surface area (Å²) in [6, 6.07) is 18.9. The maximum absolute atomic E-state index is 12.3. The predicted octanol–water partition coefficient (Wildman–Crippen LogP) is 4.55. The van der Waals surface area contributed by atoms with Gasteiger partial charge in [-0.15, -0.1) is 0 Å². The Morgan fingerprint density at radius 1 is 1.03 bits per heavy atom. The van der Waals surface area contributed by atoms with Gasteiger partial charge in [0.25, 0.3) is 0 Å². The molecule has 1 amide bonds. The number of hydrogen-bond acceptors (Lipinski definition) is 7. The molecule has 0 aliphatic carbocycles. The molecule has 8 heteroatoms. The van der Waals surface area contributed by atoms with Crippen molar-refractivity contribution in [3.8, 4) is 11.5 Å². The third-order valence-corrected chi connectivity index (χ3v) is 6.30. The molecule has 0 radical (unpaired) electrons. The largest absolute Gasteiger partial charge is 0.457 e. The first kappa shape index (κ1) is 20.6. The molecule has 1 aliphatic heterocycles. The molecule has 1 fully saturated rings. The average Bonchev–Trinajstić information content (AvgIpc) is 2.80. The van der Waals surface area contributed by atoms with Crippen LogP contribution in [0.1, 0.15) is 0 Å². The van der Waals surface area contributed by atoms with Gasteiger partial charge in [-0.1, -0.05) is 30.0 Å². The van der Waals surface area contributed by atoms with Gasteiger partial charge >= 0.3 is 0 Å². The molecule has 0 saturated carbocycles. The lowest BCUT2D eigenvalue weighted by Gasteiger charge is -2.27. The predicted molar refractivity (Wildman–Crippen MR) is 124 cm³/mol. The number of hydrogen-bond donors (Lipinski definition) is 1. The molecule has 1 N–H and O–H groups in total. The smallest absolute Gasteiger partial charge is 0.234 e. The molecule has 0 unspecified atom stereocenters. The number of aromatic nitrogens is 2. The topological polar surface area (TPSA) is 67.4 Å². The summed E-state index contributed by atoms with van der Waals surface area (Å²) in [6.45, 7) is 1.99. The summed E-state index contributed by atoms with van der Waals surface area (Å²) in [5, 5.41) is 3.71. The second-order valence-electron chi connectivity index (χ2n) is 6.59. The van der Waals surface area contributed by atoms with Crippen LogP contribution in [0.2, 0.25) is 0 Å². The van der Waals surface area contributed by atoms with E-state index in [1.165, 1.54) is 11.8 Å². The number of benzene rings is 2. The van der Waals surface area contributed by atoms with E-state index < -0.39 is 0 Å². The van der Waals surface area contributed by atoms with E-state index in [-0.39, 0.29) is 11.7 Å². The summed E-state index contributed by atoms with van der Waals surface area (Å²) in [4.78, 5) is 23.3. The Bertz CT molecular complexity index is 964. The van der Waals surface area contributed by atoms with Gasteiger partial charge in [-0.25, -0.2) is 9.97 Å². The number of para-hydroxylation sites is 1. The van der Waals surface area contributed by atoms with Crippen LogP contribution in [0.3, 0.4) is 0 Å². The zero-order valence-electron chi connectivity index (χ0n) is 16.4. The van der Waals surface area contributed by atoms with Crippen molar-refractivity contribution in [3.05, 3.63) is 67.0 Å². The minimum absolute atomic E-state index is 0.0775. The maximum atomic E-state index is 12.3. The highest BCUT2D eigenvalue weighted by molar-refractivity contribution is 8.00. The molecule has 0 bridgehead atoms. The Labute approximate surface area is 184 Å². The van der Waals surface area contributed by atoms with E-state index in [1.807, 2.05) is 72.4 Å². The van der Waals surface area contributed by atoms with Crippen molar-refractivity contribution in [2.45, 2.75) is 5.03 Å². The number of amides is 1. The minimum Gasteiger partial charge on any atom is -0.457 e. The van der Waals surface area contributed by atoms with E-state index in [2.05, 4.69) is 20.2 Å². The zero-order chi connectivity index (χ0) is 20.6. The summed E-state index contributed by atoms with van der Waals surface area (Å²) in [5.74, 6) is 4.87. The summed E-state index contributed by atoms with van der Waals surface area (Å²) >= 11 is 3.37. The van der Waals surface area contributed by atoms with Crippen LogP contribution in [0, 0.1) is 0 Å². The van der Waals surface area contributed by atoms with Crippen LogP contribution in [-0.2, 0) is 4.79 Å². The third-order valence-electron chi connectivity index (χ3n) is 4.43. The van der Waals surface area contributed by atoms with E-state index in [0.29, 0.717) is 0 Å². The molecule has 30 heavy (non-hydrogen) atoms. The third kappa shape index (κ3) is 5.90. The second kappa shape index (κ2) is 10.4. The van der Waals surface area contributed by atoms with Crippen LogP contribution in [0.15, 0.2) is 72.0 Å². The molecule has 1 saturated heterocycles. The van der Waals surface area contributed by atoms with Crippen LogP contribution in [0.5, 0.6) is 11.5 Å². The molecule has 154 valence electrons. The minimum atomic E-state index is -0.0775. The van der Waals surface area contributed by atoms with Gasteiger partial charge in [0.2, 0.25) is 5.91 Å². The van der Waals surface area contributed by atoms with Gasteiger partial charge in [0.15, 0.2) is 0 Å². The fourth-order valence-electron chi connectivity index (χ4n) is 2.94. The number of rotatable bonds is 7. The molecule has 3 aromatic rings. The van der Waals surface area contributed by atoms with E-state index in [4.69, 9.17) is 4.74 Å². The van der Waals surface area contributed by atoms with Gasteiger partial charge in [0.05, 0.1) is 5.75 Å². The SMILES string of the molecule is O=C(CSc1cc(N2CCSCC2)ncn1)Nc1ccc(Oc2ccccc2)cc1. The first-order chi connectivity index (χ1) is 14.8. The highest BCUT2D eigenvalue weighted by Crippen LogP contribution is 2.24. The molecule has 0 spiro atoms. The molecule has 4 rings (SSSR count). The summed E-state index contributed by atoms with van der Waals surface area (Å²) in [5.41, 5.74) is 0.732. The van der Waals surface area contributed by atoms with E-state index in [9.17, 15) is 4.79 Å². The van der Waals surface area contributed by atoms with Crippen molar-refractivity contribution in [2.24, 2.45) is 0 Å². The molecule has 0 atom stereocenters. The number of ether oxygens (including phenoxy) is 1. The van der Waals surface area contributed by atoms with Crippen LogP contribution < -0.4 is 15.0 Å². The zero-order valence-corrected chi connectivity index (χ0v) is 18.0. The summed E-state index contributed by atoms with van der Waals surface area (Å²) in [6.07, 6.45) is 1.57. The van der Waals surface area contributed by atoms with E-state index in [0.717, 1.165) is 52.6 Å². The highest BCUT2D eigenvalue weighted by atomic mass is 32.2. The van der Waals surface area contributed by atoms with Crippen LogP contribution >= 0.6 is 23.5 Å². The van der Waals surface area contributed by atoms with Gasteiger partial charge < -0.3 is 15.0 Å². The molecular formula is C22H22N4O2S2. The van der Waals surface area contributed by atoms with Crippen molar-refractivity contribution in [1.29, 1.82) is 0 Å². The number of nitrogens with zero attached hydrogens (tertiary/aromatic N) is 3. The fraction of sp³-hybridized carbons (Fsp3) is 0.227. The average molecular weight is 439 g/mol. The van der Waals surface area contributed by atoms with Crippen LogP contribution in [0.4, 0.5) is 11.5 Å². The summed E-state index contributed by atoms with van der Waals surface area (Å²) < 4.78 is 5.77. The first-order valence-electron chi connectivity index (χ1n) is 9.67. The van der Waals surface area contributed by atoms with Gasteiger partial charge in [-0.2, -0.15) is 11.8 Å². The Balaban J connectivity index is 1.27. The number of thioether (sulfide) groups is 2. The molecular weight excluding hydrogens is 416 g/mol. The lowest BCUT2D eigenvalue weighted by Crippen LogP contribution is -2.33. The van der Waals surface area contributed by atoms with Gasteiger partial charge in [-0.3, -0.25) is 4.79 Å². The van der Waals surface area contributed by atoms with Gasteiger partial charge in [-0.05, 0) is 36.4 Å². The lowest BCUT2D eigenvalue weighted by atomic mass is 10.3. The van der Waals surface area contributed by atoms with Crippen molar-refractivity contribution >= 4 is 40.9 Å². The monoisotopic (exact) mass is 438 g/mol. The Kier molecular flexibility index (Phi) is 7.10. The van der Waals surface area contributed by atoms with Gasteiger partial charge in [0, 0.05) is 36.3 Å². The quantitative estimate of drug-likeness (QED) is 0.429. The van der Waals surface area contributed by atoms with Crippen molar-refractivity contribution in [1.82, 2.24) is 9.97 Å². The fourth-order valence-corrected chi connectivity index (χ4v) is 4.51. The number of anilines is 2. The molecule has 2 heterocycles. The van der Waals surface area contributed by atoms with Crippen molar-refractivity contribution < 1.29 is 9.53 Å². The van der Waals surface area contributed by atoms with E-state index >= 15 is 0 Å². The summed E-state index contributed by atoms with van der Waals surface area (Å²) in [7, 11) is 0. The lowest BCUT2D eigenvalue weighted by molar-refractivity contribution is -0.113. The Hall–Kier alpha value is -2.71. The van der Waals surface area contributed by atoms with Gasteiger partial charge in [0.1, 0.15) is 28.7 Å². The van der Waals surface area contributed by atoms with Crippen molar-refractivity contribution in [3.63, 3.8) is 0 Å². The molecule has 2 aromatic carbocycles. The molecule has 1 aliphatic rings. The second-order valence-corrected chi connectivity index (χ2v) is 8.81. The Morgan fingerprint density at radius 2 is 1.77 bits per heavy atom. The first-order valence-corrected chi connectivity index (χ1v) is 11.8. The van der Waals surface area contributed by atoms with Crippen molar-refractivity contribution in [2.75, 3.05) is 40.6 Å². The highest BCUT2D eigenvalue weighted by Gasteiger charge is 2.13. The number of nitrogens with one attached hydrogen (secondary N) is 1. The Morgan fingerprint density at radius 3 is 2.53 bits per heavy atom. The van der Waals surface area contributed by atoms with Crippen LogP contribution in [-0.4, -0.2) is 46.2 Å². The number of carbonyl (C=O) groups excluding carboxylic acids is 1. The number of carbonyl (C=O) groups is 1. The molecule has 1 aromatic heterocycles. The van der Waals surface area contributed by atoms with E-state index in [1.54, 1.807) is 6.33 Å².